The van der Waals surface area contributed by atoms with Gasteiger partial charge in [-0.05, 0) is 25.1 Å². The Morgan fingerprint density at radius 3 is 2.73 bits per heavy atom. The molecule has 0 aromatic heterocycles. The Kier molecular flexibility index (Phi) is 3.89. The van der Waals surface area contributed by atoms with E-state index in [2.05, 4.69) is 15.9 Å². The van der Waals surface area contributed by atoms with Gasteiger partial charge in [0.2, 0.25) is 0 Å². The Bertz CT molecular complexity index is 490. The molecule has 0 radical (unpaired) electrons. The molecule has 1 rings (SSSR count). The average molecular weight is 288 g/mol. The molecule has 0 aliphatic carbocycles. The van der Waals surface area contributed by atoms with Crippen molar-refractivity contribution in [3.05, 3.63) is 28.7 Å². The van der Waals surface area contributed by atoms with Crippen LogP contribution in [0, 0.1) is 11.3 Å². The van der Waals surface area contributed by atoms with Crippen molar-refractivity contribution in [2.24, 2.45) is 0 Å². The van der Waals surface area contributed by atoms with Crippen LogP contribution in [0.25, 0.3) is 0 Å². The van der Waals surface area contributed by atoms with Crippen molar-refractivity contribution in [3.8, 4) is 6.07 Å². The van der Waals surface area contributed by atoms with Crippen molar-refractivity contribution < 1.29 is 8.42 Å². The fourth-order valence-electron chi connectivity index (χ4n) is 1.11. The highest BCUT2D eigenvalue weighted by Gasteiger charge is 2.22. The minimum Gasteiger partial charge on any atom is -0.223 e. The monoisotopic (exact) mass is 287 g/mol. The molecule has 0 saturated carbocycles. The molecule has 0 spiro atoms. The lowest BCUT2D eigenvalue weighted by Crippen LogP contribution is -2.17. The summed E-state index contributed by atoms with van der Waals surface area (Å²) in [7, 11) is -3.38. The van der Waals surface area contributed by atoms with Gasteiger partial charge in [-0.1, -0.05) is 22.0 Å². The van der Waals surface area contributed by atoms with Crippen molar-refractivity contribution in [3.63, 3.8) is 0 Å². The first kappa shape index (κ1) is 12.2. The first-order valence-electron chi connectivity index (χ1n) is 4.35. The maximum Gasteiger partial charge on any atom is 0.182 e. The van der Waals surface area contributed by atoms with Crippen LogP contribution < -0.4 is 0 Å². The SMILES string of the molecule is CC(CC#N)S(=O)(=O)c1cccc(Br)c1. The van der Waals surface area contributed by atoms with Crippen LogP contribution in [-0.4, -0.2) is 13.7 Å². The second kappa shape index (κ2) is 4.77. The van der Waals surface area contributed by atoms with Crippen LogP contribution in [0.2, 0.25) is 0 Å². The molecule has 0 aliphatic rings. The Balaban J connectivity index is 3.13. The normalized spacial score (nSPS) is 13.1. The summed E-state index contributed by atoms with van der Waals surface area (Å²) in [4.78, 5) is 0.250. The number of nitriles is 1. The van der Waals surface area contributed by atoms with Gasteiger partial charge >= 0.3 is 0 Å². The molecule has 3 nitrogen and oxygen atoms in total. The highest BCUT2D eigenvalue weighted by molar-refractivity contribution is 9.10. The standard InChI is InChI=1S/C10H10BrNO2S/c1-8(5-6-12)15(13,14)10-4-2-3-9(11)7-10/h2-4,7-8H,5H2,1H3. The van der Waals surface area contributed by atoms with Crippen LogP contribution >= 0.6 is 15.9 Å². The van der Waals surface area contributed by atoms with Crippen molar-refractivity contribution in [1.29, 1.82) is 5.26 Å². The van der Waals surface area contributed by atoms with Gasteiger partial charge in [0.15, 0.2) is 9.84 Å². The molecule has 0 amide bonds. The molecule has 1 unspecified atom stereocenters. The second-order valence-electron chi connectivity index (χ2n) is 3.18. The summed E-state index contributed by atoms with van der Waals surface area (Å²) in [5, 5.41) is 7.81. The number of benzene rings is 1. The summed E-state index contributed by atoms with van der Waals surface area (Å²) in [5.41, 5.74) is 0. The van der Waals surface area contributed by atoms with Gasteiger partial charge in [0.25, 0.3) is 0 Å². The third kappa shape index (κ3) is 2.80. The smallest absolute Gasteiger partial charge is 0.182 e. The molecule has 1 atom stereocenters. The van der Waals surface area contributed by atoms with Gasteiger partial charge in [-0.2, -0.15) is 5.26 Å². The summed E-state index contributed by atoms with van der Waals surface area (Å²) in [6, 6.07) is 8.37. The molecule has 1 aromatic carbocycles. The minimum absolute atomic E-state index is 0.00878. The van der Waals surface area contributed by atoms with Crippen LogP contribution in [0.3, 0.4) is 0 Å². The lowest BCUT2D eigenvalue weighted by Gasteiger charge is -2.09. The van der Waals surface area contributed by atoms with Gasteiger partial charge in [-0.25, -0.2) is 8.42 Å². The van der Waals surface area contributed by atoms with Crippen LogP contribution in [0.15, 0.2) is 33.6 Å². The molecule has 0 heterocycles. The highest BCUT2D eigenvalue weighted by Crippen LogP contribution is 2.21. The zero-order valence-electron chi connectivity index (χ0n) is 8.14. The van der Waals surface area contributed by atoms with Crippen LogP contribution in [0.5, 0.6) is 0 Å². The Morgan fingerprint density at radius 1 is 1.53 bits per heavy atom. The van der Waals surface area contributed by atoms with E-state index >= 15 is 0 Å². The molecule has 80 valence electrons. The second-order valence-corrected chi connectivity index (χ2v) is 6.46. The third-order valence-electron chi connectivity index (χ3n) is 2.03. The van der Waals surface area contributed by atoms with E-state index in [1.165, 1.54) is 6.07 Å². The van der Waals surface area contributed by atoms with E-state index in [1.807, 2.05) is 6.07 Å². The average Bonchev–Trinajstić information content (AvgIpc) is 2.18. The fraction of sp³-hybridized carbons (Fsp3) is 0.300. The van der Waals surface area contributed by atoms with Gasteiger partial charge in [-0.15, -0.1) is 0 Å². The van der Waals surface area contributed by atoms with Gasteiger partial charge in [-0.3, -0.25) is 0 Å². The van der Waals surface area contributed by atoms with Crippen molar-refractivity contribution in [1.82, 2.24) is 0 Å². The Labute approximate surface area is 97.8 Å². The zero-order chi connectivity index (χ0) is 11.5. The number of rotatable bonds is 3. The molecule has 0 aliphatic heterocycles. The Morgan fingerprint density at radius 2 is 2.20 bits per heavy atom. The number of sulfone groups is 1. The van der Waals surface area contributed by atoms with Crippen LogP contribution in [0.1, 0.15) is 13.3 Å². The van der Waals surface area contributed by atoms with E-state index in [-0.39, 0.29) is 11.3 Å². The molecule has 0 fully saturated rings. The summed E-state index contributed by atoms with van der Waals surface area (Å²) in [5.74, 6) is 0. The summed E-state index contributed by atoms with van der Waals surface area (Å²) in [6.07, 6.45) is 0.00878. The van der Waals surface area contributed by atoms with E-state index in [1.54, 1.807) is 25.1 Å². The van der Waals surface area contributed by atoms with Crippen molar-refractivity contribution >= 4 is 25.8 Å². The zero-order valence-corrected chi connectivity index (χ0v) is 10.5. The Hall–Kier alpha value is -0.860. The van der Waals surface area contributed by atoms with Crippen LogP contribution in [0.4, 0.5) is 0 Å². The predicted octanol–water partition coefficient (Wildman–Crippen LogP) is 2.52. The molecular weight excluding hydrogens is 278 g/mol. The lowest BCUT2D eigenvalue weighted by molar-refractivity contribution is 0.584. The quantitative estimate of drug-likeness (QED) is 0.858. The summed E-state index contributed by atoms with van der Waals surface area (Å²) in [6.45, 7) is 1.54. The van der Waals surface area contributed by atoms with Crippen molar-refractivity contribution in [2.75, 3.05) is 0 Å². The number of hydrogen-bond acceptors (Lipinski definition) is 3. The van der Waals surface area contributed by atoms with E-state index in [9.17, 15) is 8.42 Å². The molecule has 0 bridgehead atoms. The molecular formula is C10H10BrNO2S. The van der Waals surface area contributed by atoms with Gasteiger partial charge in [0.1, 0.15) is 0 Å². The molecule has 0 N–H and O–H groups in total. The van der Waals surface area contributed by atoms with E-state index in [0.29, 0.717) is 4.47 Å². The molecule has 1 aromatic rings. The third-order valence-corrected chi connectivity index (χ3v) is 4.66. The predicted molar refractivity (Wildman–Crippen MR) is 61.0 cm³/mol. The number of nitrogens with zero attached hydrogens (tertiary/aromatic N) is 1. The van der Waals surface area contributed by atoms with Crippen molar-refractivity contribution in [2.45, 2.75) is 23.5 Å². The summed E-state index contributed by atoms with van der Waals surface area (Å²) >= 11 is 3.21. The van der Waals surface area contributed by atoms with E-state index < -0.39 is 15.1 Å². The maximum atomic E-state index is 11.9. The van der Waals surface area contributed by atoms with Gasteiger partial charge in [0, 0.05) is 4.47 Å². The first-order valence-corrected chi connectivity index (χ1v) is 6.69. The topological polar surface area (TPSA) is 57.9 Å². The minimum atomic E-state index is -3.38. The highest BCUT2D eigenvalue weighted by atomic mass is 79.9. The maximum absolute atomic E-state index is 11.9. The molecule has 0 saturated heterocycles. The van der Waals surface area contributed by atoms with Gasteiger partial charge in [0.05, 0.1) is 22.6 Å². The number of hydrogen-bond donors (Lipinski definition) is 0. The largest absolute Gasteiger partial charge is 0.223 e. The number of halogens is 1. The van der Waals surface area contributed by atoms with Gasteiger partial charge < -0.3 is 0 Å². The molecule has 15 heavy (non-hydrogen) atoms. The van der Waals surface area contributed by atoms with E-state index in [0.717, 1.165) is 0 Å². The fourth-order valence-corrected chi connectivity index (χ4v) is 2.98. The van der Waals surface area contributed by atoms with E-state index in [4.69, 9.17) is 5.26 Å². The lowest BCUT2D eigenvalue weighted by atomic mass is 10.4. The summed E-state index contributed by atoms with van der Waals surface area (Å²) < 4.78 is 24.5. The molecule has 5 heteroatoms. The first-order chi connectivity index (χ1) is 6.98. The van der Waals surface area contributed by atoms with Crippen LogP contribution in [-0.2, 0) is 9.84 Å².